The average Bonchev–Trinajstić information content (AvgIpc) is 2.56. The summed E-state index contributed by atoms with van der Waals surface area (Å²) >= 11 is 5.80. The van der Waals surface area contributed by atoms with Crippen LogP contribution in [0.3, 0.4) is 0 Å². The van der Waals surface area contributed by atoms with Gasteiger partial charge >= 0.3 is 5.97 Å². The lowest BCUT2D eigenvalue weighted by molar-refractivity contribution is -0.384. The number of pyridine rings is 1. The molecule has 0 fully saturated rings. The molecule has 0 spiro atoms. The molecule has 0 radical (unpaired) electrons. The number of hydrogen-bond acceptors (Lipinski definition) is 6. The largest absolute Gasteiger partial charge is 0.449 e. The van der Waals surface area contributed by atoms with E-state index in [1.807, 2.05) is 0 Å². The van der Waals surface area contributed by atoms with Crippen molar-refractivity contribution in [1.82, 2.24) is 4.98 Å². The van der Waals surface area contributed by atoms with E-state index < -0.39 is 22.9 Å². The Morgan fingerprint density at radius 1 is 1.36 bits per heavy atom. The van der Waals surface area contributed by atoms with E-state index in [1.54, 1.807) is 6.92 Å². The molecule has 1 unspecified atom stereocenters. The second-order valence-electron chi connectivity index (χ2n) is 5.13. The summed E-state index contributed by atoms with van der Waals surface area (Å²) in [7, 11) is 0. The maximum Gasteiger partial charge on any atom is 0.342 e. The maximum absolute atomic E-state index is 12.2. The molecule has 1 atom stereocenters. The van der Waals surface area contributed by atoms with Crippen molar-refractivity contribution >= 4 is 34.9 Å². The first-order valence-electron chi connectivity index (χ1n) is 7.17. The summed E-state index contributed by atoms with van der Waals surface area (Å²) < 4.78 is 5.06. The molecule has 1 amide bonds. The third-order valence-corrected chi connectivity index (χ3v) is 3.62. The van der Waals surface area contributed by atoms with Gasteiger partial charge in [0.25, 0.3) is 11.6 Å². The van der Waals surface area contributed by atoms with Crippen molar-refractivity contribution < 1.29 is 19.2 Å². The highest BCUT2D eigenvalue weighted by Crippen LogP contribution is 2.22. The summed E-state index contributed by atoms with van der Waals surface area (Å²) in [6, 6.07) is 7.02. The van der Waals surface area contributed by atoms with Crippen LogP contribution < -0.4 is 5.32 Å². The van der Waals surface area contributed by atoms with E-state index in [9.17, 15) is 19.7 Å². The second-order valence-corrected chi connectivity index (χ2v) is 5.49. The van der Waals surface area contributed by atoms with Crippen LogP contribution in [0.5, 0.6) is 0 Å². The van der Waals surface area contributed by atoms with Crippen molar-refractivity contribution in [2.75, 3.05) is 5.32 Å². The van der Waals surface area contributed by atoms with Crippen LogP contribution in [0.15, 0.2) is 36.5 Å². The zero-order valence-corrected chi connectivity index (χ0v) is 14.1. The minimum atomic E-state index is -1.14. The van der Waals surface area contributed by atoms with Gasteiger partial charge in [0.15, 0.2) is 6.10 Å². The van der Waals surface area contributed by atoms with E-state index in [-0.39, 0.29) is 22.1 Å². The Bertz CT molecular complexity index is 840. The predicted molar refractivity (Wildman–Crippen MR) is 90.6 cm³/mol. The molecule has 25 heavy (non-hydrogen) atoms. The van der Waals surface area contributed by atoms with E-state index in [0.717, 1.165) is 0 Å². The number of halogens is 1. The second kappa shape index (κ2) is 7.71. The van der Waals surface area contributed by atoms with Crippen LogP contribution in [0.25, 0.3) is 0 Å². The van der Waals surface area contributed by atoms with Gasteiger partial charge in [0.1, 0.15) is 5.15 Å². The van der Waals surface area contributed by atoms with Crippen LogP contribution in [0, 0.1) is 17.0 Å². The van der Waals surface area contributed by atoms with Gasteiger partial charge in [-0.2, -0.15) is 0 Å². The summed E-state index contributed by atoms with van der Waals surface area (Å²) in [5.41, 5.74) is 0.775. The number of aromatic nitrogens is 1. The van der Waals surface area contributed by atoms with E-state index in [2.05, 4.69) is 10.3 Å². The highest BCUT2D eigenvalue weighted by atomic mass is 35.5. The Hall–Kier alpha value is -3.00. The van der Waals surface area contributed by atoms with E-state index in [4.69, 9.17) is 16.3 Å². The molecule has 0 aliphatic heterocycles. The molecule has 2 rings (SSSR count). The third kappa shape index (κ3) is 4.51. The standard InChI is InChI=1S/C16H14ClN3O5/c1-9-5-6-11(20(23)24)8-13(9)19-15(21)10(2)25-16(22)12-4-3-7-18-14(12)17/h3-8,10H,1-2H3,(H,19,21). The van der Waals surface area contributed by atoms with Gasteiger partial charge in [0, 0.05) is 18.3 Å². The zero-order valence-electron chi connectivity index (χ0n) is 13.4. The molecule has 130 valence electrons. The minimum absolute atomic E-state index is 0.0327. The van der Waals surface area contributed by atoms with Crippen LogP contribution >= 0.6 is 11.6 Å². The van der Waals surface area contributed by atoms with Crippen LogP contribution in [-0.2, 0) is 9.53 Å². The number of esters is 1. The van der Waals surface area contributed by atoms with Gasteiger partial charge in [0.2, 0.25) is 0 Å². The normalized spacial score (nSPS) is 11.5. The number of non-ortho nitro benzene ring substituents is 1. The smallest absolute Gasteiger partial charge is 0.342 e. The van der Waals surface area contributed by atoms with Crippen molar-refractivity contribution in [2.24, 2.45) is 0 Å². The first kappa shape index (κ1) is 18.3. The zero-order chi connectivity index (χ0) is 18.6. The van der Waals surface area contributed by atoms with Crippen LogP contribution in [0.2, 0.25) is 5.15 Å². The number of carbonyl (C=O) groups is 2. The number of nitro benzene ring substituents is 1. The number of rotatable bonds is 5. The topological polar surface area (TPSA) is 111 Å². The van der Waals surface area contributed by atoms with Crippen molar-refractivity contribution in [3.05, 3.63) is 62.9 Å². The lowest BCUT2D eigenvalue weighted by atomic mass is 10.1. The Labute approximate surface area is 147 Å². The number of benzene rings is 1. The highest BCUT2D eigenvalue weighted by Gasteiger charge is 2.22. The van der Waals surface area contributed by atoms with E-state index in [1.165, 1.54) is 43.5 Å². The number of hydrogen-bond donors (Lipinski definition) is 1. The number of anilines is 1. The van der Waals surface area contributed by atoms with Crippen LogP contribution in [0.1, 0.15) is 22.8 Å². The Balaban J connectivity index is 2.08. The van der Waals surface area contributed by atoms with Crippen molar-refractivity contribution in [3.8, 4) is 0 Å². The van der Waals surface area contributed by atoms with E-state index >= 15 is 0 Å². The van der Waals surface area contributed by atoms with Crippen molar-refractivity contribution in [2.45, 2.75) is 20.0 Å². The lowest BCUT2D eigenvalue weighted by Gasteiger charge is -2.15. The fraction of sp³-hybridized carbons (Fsp3) is 0.188. The number of amides is 1. The van der Waals surface area contributed by atoms with Crippen molar-refractivity contribution in [1.29, 1.82) is 0 Å². The van der Waals surface area contributed by atoms with Gasteiger partial charge in [-0.3, -0.25) is 14.9 Å². The first-order valence-corrected chi connectivity index (χ1v) is 7.54. The molecular formula is C16H14ClN3O5. The van der Waals surface area contributed by atoms with E-state index in [0.29, 0.717) is 5.56 Å². The number of nitrogens with zero attached hydrogens (tertiary/aromatic N) is 2. The number of aryl methyl sites for hydroxylation is 1. The maximum atomic E-state index is 12.2. The van der Waals surface area contributed by atoms with Gasteiger partial charge in [-0.05, 0) is 31.5 Å². The summed E-state index contributed by atoms with van der Waals surface area (Å²) in [5.74, 6) is -1.42. The molecule has 1 N–H and O–H groups in total. The molecule has 0 aliphatic carbocycles. The predicted octanol–water partition coefficient (Wildman–Crippen LogP) is 3.14. The Morgan fingerprint density at radius 2 is 2.08 bits per heavy atom. The molecule has 1 heterocycles. The molecule has 9 heteroatoms. The third-order valence-electron chi connectivity index (χ3n) is 3.32. The van der Waals surface area contributed by atoms with Crippen LogP contribution in [-0.4, -0.2) is 27.9 Å². The molecule has 1 aromatic heterocycles. The molecule has 1 aromatic carbocycles. The Kier molecular flexibility index (Phi) is 5.66. The van der Waals surface area contributed by atoms with Crippen molar-refractivity contribution in [3.63, 3.8) is 0 Å². The summed E-state index contributed by atoms with van der Waals surface area (Å²) in [5, 5.41) is 13.3. The van der Waals surface area contributed by atoms with Gasteiger partial charge in [-0.1, -0.05) is 17.7 Å². The molecule has 0 saturated heterocycles. The minimum Gasteiger partial charge on any atom is -0.449 e. The summed E-state index contributed by atoms with van der Waals surface area (Å²) in [4.78, 5) is 38.2. The molecule has 0 saturated carbocycles. The Morgan fingerprint density at radius 3 is 2.72 bits per heavy atom. The fourth-order valence-electron chi connectivity index (χ4n) is 1.91. The van der Waals surface area contributed by atoms with Gasteiger partial charge in [-0.15, -0.1) is 0 Å². The SMILES string of the molecule is Cc1ccc([N+](=O)[O-])cc1NC(=O)C(C)OC(=O)c1cccnc1Cl. The number of carbonyl (C=O) groups excluding carboxylic acids is 2. The molecular weight excluding hydrogens is 350 g/mol. The monoisotopic (exact) mass is 363 g/mol. The van der Waals surface area contributed by atoms with Gasteiger partial charge in [0.05, 0.1) is 16.2 Å². The number of nitrogens with one attached hydrogen (secondary N) is 1. The molecule has 2 aromatic rings. The lowest BCUT2D eigenvalue weighted by Crippen LogP contribution is -2.30. The van der Waals surface area contributed by atoms with Gasteiger partial charge < -0.3 is 10.1 Å². The molecule has 0 aliphatic rings. The molecule has 0 bridgehead atoms. The fourth-order valence-corrected chi connectivity index (χ4v) is 2.10. The quantitative estimate of drug-likeness (QED) is 0.378. The summed E-state index contributed by atoms with van der Waals surface area (Å²) in [6.07, 6.45) is 0.280. The summed E-state index contributed by atoms with van der Waals surface area (Å²) in [6.45, 7) is 3.07. The first-order chi connectivity index (χ1) is 11.8. The number of nitro groups is 1. The number of ether oxygens (including phenoxy) is 1. The average molecular weight is 364 g/mol. The van der Waals surface area contributed by atoms with Gasteiger partial charge in [-0.25, -0.2) is 9.78 Å². The highest BCUT2D eigenvalue weighted by molar-refractivity contribution is 6.32. The van der Waals surface area contributed by atoms with Crippen LogP contribution in [0.4, 0.5) is 11.4 Å². The molecule has 8 nitrogen and oxygen atoms in total.